The Morgan fingerprint density at radius 3 is 2.81 bits per heavy atom. The minimum atomic E-state index is -0.302. The second-order valence-corrected chi connectivity index (χ2v) is 3.78. The summed E-state index contributed by atoms with van der Waals surface area (Å²) < 4.78 is 21.0. The lowest BCUT2D eigenvalue weighted by Crippen LogP contribution is -2.02. The van der Waals surface area contributed by atoms with Crippen LogP contribution in [-0.2, 0) is 13.5 Å². The third-order valence-corrected chi connectivity index (χ3v) is 2.77. The van der Waals surface area contributed by atoms with Crippen molar-refractivity contribution in [2.24, 2.45) is 12.8 Å². The van der Waals surface area contributed by atoms with E-state index >= 15 is 0 Å². The topological polar surface area (TPSA) is 40.2 Å². The van der Waals surface area contributed by atoms with Gasteiger partial charge in [-0.2, -0.15) is 0 Å². The molecule has 1 aromatic heterocycles. The molecule has 0 unspecified atom stereocenters. The van der Waals surface area contributed by atoms with Crippen LogP contribution in [0.15, 0.2) is 18.3 Å². The highest BCUT2D eigenvalue weighted by Gasteiger charge is 2.14. The molecule has 0 fully saturated rings. The van der Waals surface area contributed by atoms with Crippen molar-refractivity contribution >= 4 is 10.9 Å². The molecule has 0 aliphatic carbocycles. The largest absolute Gasteiger partial charge is 0.494 e. The molecule has 1 heterocycles. The smallest absolute Gasteiger partial charge is 0.174 e. The van der Waals surface area contributed by atoms with Gasteiger partial charge >= 0.3 is 0 Å². The Labute approximate surface area is 93.6 Å². The Morgan fingerprint density at radius 1 is 1.44 bits per heavy atom. The van der Waals surface area contributed by atoms with Gasteiger partial charge in [0.2, 0.25) is 0 Å². The predicted octanol–water partition coefficient (Wildman–Crippen LogP) is 1.83. The van der Waals surface area contributed by atoms with E-state index in [0.717, 1.165) is 11.1 Å². The highest BCUT2D eigenvalue weighted by molar-refractivity contribution is 5.86. The molecule has 0 saturated heterocycles. The number of methoxy groups -OCH3 is 1. The second-order valence-electron chi connectivity index (χ2n) is 3.78. The van der Waals surface area contributed by atoms with Crippen molar-refractivity contribution < 1.29 is 9.13 Å². The average Bonchev–Trinajstić information content (AvgIpc) is 2.58. The molecule has 0 amide bonds. The van der Waals surface area contributed by atoms with Gasteiger partial charge in [0, 0.05) is 18.6 Å². The lowest BCUT2D eigenvalue weighted by Gasteiger charge is -2.04. The van der Waals surface area contributed by atoms with Gasteiger partial charge in [-0.05, 0) is 30.7 Å². The molecule has 0 atom stereocenters. The third kappa shape index (κ3) is 1.55. The summed E-state index contributed by atoms with van der Waals surface area (Å²) in [6.45, 7) is 0.510. The fraction of sp³-hybridized carbons (Fsp3) is 0.333. The van der Waals surface area contributed by atoms with Gasteiger partial charge in [-0.3, -0.25) is 0 Å². The van der Waals surface area contributed by atoms with Crippen LogP contribution in [0, 0.1) is 5.82 Å². The van der Waals surface area contributed by atoms with E-state index < -0.39 is 0 Å². The van der Waals surface area contributed by atoms with Crippen LogP contribution < -0.4 is 10.5 Å². The van der Waals surface area contributed by atoms with Crippen molar-refractivity contribution in [3.63, 3.8) is 0 Å². The normalized spacial score (nSPS) is 11.0. The fourth-order valence-corrected chi connectivity index (χ4v) is 2.02. The van der Waals surface area contributed by atoms with Crippen molar-refractivity contribution in [2.75, 3.05) is 13.7 Å². The predicted molar refractivity (Wildman–Crippen MR) is 62.2 cm³/mol. The van der Waals surface area contributed by atoms with E-state index in [1.807, 2.05) is 23.9 Å². The Hall–Kier alpha value is -1.55. The summed E-state index contributed by atoms with van der Waals surface area (Å²) in [5.74, 6) is -0.0268. The minimum absolute atomic E-state index is 0.275. The van der Waals surface area contributed by atoms with E-state index in [9.17, 15) is 4.39 Å². The molecule has 86 valence electrons. The SMILES string of the molecule is COc1ccc2c(c(CCN)cn2C)c1F. The van der Waals surface area contributed by atoms with Gasteiger partial charge < -0.3 is 15.0 Å². The zero-order valence-corrected chi connectivity index (χ0v) is 9.46. The molecular weight excluding hydrogens is 207 g/mol. The first kappa shape index (κ1) is 11.0. The maximum atomic E-state index is 14.1. The number of halogens is 1. The first-order valence-corrected chi connectivity index (χ1v) is 5.19. The molecule has 0 bridgehead atoms. The van der Waals surface area contributed by atoms with Crippen molar-refractivity contribution in [2.45, 2.75) is 6.42 Å². The van der Waals surface area contributed by atoms with Crippen LogP contribution >= 0.6 is 0 Å². The molecule has 2 rings (SSSR count). The van der Waals surface area contributed by atoms with Crippen molar-refractivity contribution in [3.05, 3.63) is 29.7 Å². The molecule has 2 N–H and O–H groups in total. The molecule has 0 radical (unpaired) electrons. The standard InChI is InChI=1S/C12H15FN2O/c1-15-7-8(5-6-14)11-9(15)3-4-10(16-2)12(11)13/h3-4,7H,5-6,14H2,1-2H3. The molecule has 0 spiro atoms. The molecule has 16 heavy (non-hydrogen) atoms. The highest BCUT2D eigenvalue weighted by Crippen LogP contribution is 2.30. The zero-order valence-electron chi connectivity index (χ0n) is 9.46. The van der Waals surface area contributed by atoms with Crippen LogP contribution in [0.1, 0.15) is 5.56 Å². The van der Waals surface area contributed by atoms with Crippen LogP contribution in [0.3, 0.4) is 0 Å². The minimum Gasteiger partial charge on any atom is -0.494 e. The highest BCUT2D eigenvalue weighted by atomic mass is 19.1. The van der Waals surface area contributed by atoms with Gasteiger partial charge in [0.1, 0.15) is 0 Å². The van der Waals surface area contributed by atoms with E-state index in [1.54, 1.807) is 6.07 Å². The molecule has 2 aromatic rings. The summed E-state index contributed by atoms with van der Waals surface area (Å²) in [7, 11) is 3.37. The maximum absolute atomic E-state index is 14.1. The van der Waals surface area contributed by atoms with E-state index in [1.165, 1.54) is 7.11 Å². The number of rotatable bonds is 3. The number of aromatic nitrogens is 1. The number of ether oxygens (including phenoxy) is 1. The third-order valence-electron chi connectivity index (χ3n) is 2.77. The molecule has 0 aliphatic rings. The summed E-state index contributed by atoms with van der Waals surface area (Å²) in [4.78, 5) is 0. The van der Waals surface area contributed by atoms with Crippen LogP contribution in [0.25, 0.3) is 10.9 Å². The number of nitrogens with two attached hydrogens (primary N) is 1. The molecule has 3 nitrogen and oxygen atoms in total. The Morgan fingerprint density at radius 2 is 2.19 bits per heavy atom. The number of fused-ring (bicyclic) bond motifs is 1. The number of aryl methyl sites for hydroxylation is 1. The van der Waals surface area contributed by atoms with E-state index in [4.69, 9.17) is 10.5 Å². The quantitative estimate of drug-likeness (QED) is 0.860. The first-order valence-electron chi connectivity index (χ1n) is 5.19. The van der Waals surface area contributed by atoms with E-state index in [2.05, 4.69) is 0 Å². The van der Waals surface area contributed by atoms with Crippen molar-refractivity contribution in [3.8, 4) is 5.75 Å². The van der Waals surface area contributed by atoms with E-state index in [-0.39, 0.29) is 11.6 Å². The summed E-state index contributed by atoms with van der Waals surface area (Å²) in [5, 5.41) is 0.618. The molecule has 1 aromatic carbocycles. The second kappa shape index (κ2) is 4.14. The summed E-state index contributed by atoms with van der Waals surface area (Å²) >= 11 is 0. The Kier molecular flexibility index (Phi) is 2.83. The molecular formula is C12H15FN2O. The Balaban J connectivity index is 2.73. The van der Waals surface area contributed by atoms with E-state index in [0.29, 0.717) is 18.4 Å². The van der Waals surface area contributed by atoms with Gasteiger partial charge in [-0.25, -0.2) is 4.39 Å². The van der Waals surface area contributed by atoms with Crippen molar-refractivity contribution in [1.29, 1.82) is 0 Å². The van der Waals surface area contributed by atoms with Gasteiger partial charge in [-0.15, -0.1) is 0 Å². The molecule has 0 saturated carbocycles. The molecule has 0 aliphatic heterocycles. The van der Waals surface area contributed by atoms with Gasteiger partial charge in [0.25, 0.3) is 0 Å². The van der Waals surface area contributed by atoms with Crippen LogP contribution in [0.4, 0.5) is 4.39 Å². The van der Waals surface area contributed by atoms with Crippen molar-refractivity contribution in [1.82, 2.24) is 4.57 Å². The number of hydrogen-bond donors (Lipinski definition) is 1. The first-order chi connectivity index (χ1) is 7.69. The lowest BCUT2D eigenvalue weighted by atomic mass is 10.1. The van der Waals surface area contributed by atoms with Gasteiger partial charge in [0.05, 0.1) is 12.6 Å². The average molecular weight is 222 g/mol. The summed E-state index contributed by atoms with van der Waals surface area (Å²) in [6, 6.07) is 3.50. The number of nitrogens with zero attached hydrogens (tertiary/aromatic N) is 1. The summed E-state index contributed by atoms with van der Waals surface area (Å²) in [5.41, 5.74) is 7.31. The van der Waals surface area contributed by atoms with Gasteiger partial charge in [-0.1, -0.05) is 0 Å². The van der Waals surface area contributed by atoms with Crippen LogP contribution in [0.5, 0.6) is 5.75 Å². The Bertz CT molecular complexity index is 519. The zero-order chi connectivity index (χ0) is 11.7. The summed E-state index contributed by atoms with van der Waals surface area (Å²) in [6.07, 6.45) is 2.58. The van der Waals surface area contributed by atoms with Gasteiger partial charge in [0.15, 0.2) is 11.6 Å². The maximum Gasteiger partial charge on any atom is 0.174 e. The number of benzene rings is 1. The van der Waals surface area contributed by atoms with Crippen LogP contribution in [-0.4, -0.2) is 18.2 Å². The van der Waals surface area contributed by atoms with Crippen LogP contribution in [0.2, 0.25) is 0 Å². The lowest BCUT2D eigenvalue weighted by molar-refractivity contribution is 0.389. The fourth-order valence-electron chi connectivity index (χ4n) is 2.02. The molecule has 4 heteroatoms. The number of hydrogen-bond acceptors (Lipinski definition) is 2. The monoisotopic (exact) mass is 222 g/mol.